The van der Waals surface area contributed by atoms with Crippen molar-refractivity contribution < 1.29 is 19.1 Å². The predicted molar refractivity (Wildman–Crippen MR) is 117 cm³/mol. The molecule has 3 rings (SSSR count). The number of benzene rings is 3. The minimum Gasteiger partial charge on any atom is -0.506 e. The number of hydrogen-bond donors (Lipinski definition) is 3. The van der Waals surface area contributed by atoms with E-state index in [-0.39, 0.29) is 5.75 Å². The molecule has 3 aromatic carbocycles. The fourth-order valence-electron chi connectivity index (χ4n) is 2.42. The molecule has 0 saturated carbocycles. The van der Waals surface area contributed by atoms with Gasteiger partial charge in [-0.1, -0.05) is 11.6 Å². The molecule has 152 valence electrons. The molecule has 0 heterocycles. The highest BCUT2D eigenvalue weighted by Crippen LogP contribution is 2.30. The number of amides is 2. The molecule has 0 saturated heterocycles. The van der Waals surface area contributed by atoms with Gasteiger partial charge in [0.1, 0.15) is 11.6 Å². The highest BCUT2D eigenvalue weighted by Gasteiger charge is 2.09. The molecule has 0 aliphatic heterocycles. The lowest BCUT2D eigenvalue weighted by Gasteiger charge is -2.06. The van der Waals surface area contributed by atoms with Gasteiger partial charge in [0.25, 0.3) is 11.8 Å². The maximum atomic E-state index is 12.9. The molecule has 3 aromatic rings. The number of aromatic hydroxyl groups is 1. The van der Waals surface area contributed by atoms with Gasteiger partial charge in [0.05, 0.1) is 10.7 Å². The number of hydrazone groups is 1. The summed E-state index contributed by atoms with van der Waals surface area (Å²) in [6.45, 7) is 0. The summed E-state index contributed by atoms with van der Waals surface area (Å²) in [4.78, 5) is 24.3. The van der Waals surface area contributed by atoms with Crippen LogP contribution >= 0.6 is 27.5 Å². The molecule has 0 aliphatic rings. The molecule has 0 unspecified atom stereocenters. The Morgan fingerprint density at radius 2 is 1.60 bits per heavy atom. The minimum absolute atomic E-state index is 0.0568. The van der Waals surface area contributed by atoms with E-state index in [0.717, 1.165) is 0 Å². The Labute approximate surface area is 184 Å². The zero-order valence-corrected chi connectivity index (χ0v) is 17.5. The van der Waals surface area contributed by atoms with Crippen molar-refractivity contribution in [1.82, 2.24) is 5.43 Å². The number of nitrogens with zero attached hydrogens (tertiary/aromatic N) is 1. The van der Waals surface area contributed by atoms with Gasteiger partial charge in [-0.05, 0) is 76.6 Å². The number of rotatable bonds is 5. The van der Waals surface area contributed by atoms with Crippen LogP contribution in [0, 0.1) is 5.82 Å². The second-order valence-electron chi connectivity index (χ2n) is 6.06. The fourth-order valence-corrected chi connectivity index (χ4v) is 3.25. The van der Waals surface area contributed by atoms with Crippen molar-refractivity contribution in [2.75, 3.05) is 5.32 Å². The zero-order valence-electron chi connectivity index (χ0n) is 15.2. The number of anilines is 1. The van der Waals surface area contributed by atoms with E-state index in [1.54, 1.807) is 12.1 Å². The lowest BCUT2D eigenvalue weighted by atomic mass is 10.1. The van der Waals surface area contributed by atoms with Crippen molar-refractivity contribution in [3.63, 3.8) is 0 Å². The van der Waals surface area contributed by atoms with E-state index in [1.807, 2.05) is 0 Å². The average Bonchev–Trinajstić information content (AvgIpc) is 2.72. The van der Waals surface area contributed by atoms with E-state index in [9.17, 15) is 19.1 Å². The third-order valence-corrected chi connectivity index (χ3v) is 4.76. The first-order valence-corrected chi connectivity index (χ1v) is 9.69. The molecule has 3 N–H and O–H groups in total. The van der Waals surface area contributed by atoms with Crippen molar-refractivity contribution >= 4 is 51.2 Å². The van der Waals surface area contributed by atoms with Gasteiger partial charge < -0.3 is 10.4 Å². The summed E-state index contributed by atoms with van der Waals surface area (Å²) in [5, 5.41) is 16.8. The lowest BCUT2D eigenvalue weighted by molar-refractivity contribution is 0.0954. The summed E-state index contributed by atoms with van der Waals surface area (Å²) < 4.78 is 13.3. The Hall–Kier alpha value is -3.23. The number of carbonyl (C=O) groups excluding carboxylic acids is 2. The minimum atomic E-state index is -0.483. The van der Waals surface area contributed by atoms with Crippen LogP contribution in [0.1, 0.15) is 26.3 Å². The van der Waals surface area contributed by atoms with Gasteiger partial charge in [-0.25, -0.2) is 9.82 Å². The molecular weight excluding hydrogens is 477 g/mol. The van der Waals surface area contributed by atoms with E-state index in [2.05, 4.69) is 31.8 Å². The number of phenolic OH excluding ortho intramolecular Hbond substituents is 1. The Bertz CT molecular complexity index is 1120. The Morgan fingerprint density at radius 1 is 1.00 bits per heavy atom. The van der Waals surface area contributed by atoms with Crippen LogP contribution in [0.2, 0.25) is 5.02 Å². The van der Waals surface area contributed by atoms with Crippen molar-refractivity contribution in [2.45, 2.75) is 0 Å². The van der Waals surface area contributed by atoms with Gasteiger partial charge >= 0.3 is 0 Å². The fraction of sp³-hybridized carbons (Fsp3) is 0. The van der Waals surface area contributed by atoms with Crippen LogP contribution in [0.4, 0.5) is 10.1 Å². The molecule has 0 atom stereocenters. The van der Waals surface area contributed by atoms with Crippen LogP contribution in [-0.2, 0) is 0 Å². The van der Waals surface area contributed by atoms with Crippen LogP contribution in [0.25, 0.3) is 0 Å². The third-order valence-electron chi connectivity index (χ3n) is 3.94. The van der Waals surface area contributed by atoms with Crippen LogP contribution in [-0.4, -0.2) is 23.1 Å². The molecule has 0 fully saturated rings. The van der Waals surface area contributed by atoms with Gasteiger partial charge in [0.2, 0.25) is 0 Å². The largest absolute Gasteiger partial charge is 0.506 e. The van der Waals surface area contributed by atoms with E-state index >= 15 is 0 Å². The maximum Gasteiger partial charge on any atom is 0.271 e. The standard InChI is InChI=1S/C21H14BrClFN3O3/c22-18-10-15(23)9-14(19(18)28)11-25-27-21(30)13-3-7-17(8-4-13)26-20(29)12-1-5-16(24)6-2-12/h1-11,28H,(H,26,29)(H,27,30). The van der Waals surface area contributed by atoms with E-state index in [0.29, 0.717) is 31.9 Å². The molecule has 0 aliphatic carbocycles. The Kier molecular flexibility index (Phi) is 6.81. The first kappa shape index (κ1) is 21.5. The first-order valence-electron chi connectivity index (χ1n) is 8.52. The topological polar surface area (TPSA) is 90.8 Å². The molecule has 0 bridgehead atoms. The number of halogens is 3. The molecule has 9 heteroatoms. The normalized spacial score (nSPS) is 10.8. The monoisotopic (exact) mass is 489 g/mol. The summed E-state index contributed by atoms with van der Waals surface area (Å²) in [6.07, 6.45) is 1.27. The van der Waals surface area contributed by atoms with Crippen molar-refractivity contribution in [3.05, 3.63) is 92.7 Å². The number of hydrogen-bond acceptors (Lipinski definition) is 4. The second-order valence-corrected chi connectivity index (χ2v) is 7.35. The van der Waals surface area contributed by atoms with E-state index < -0.39 is 17.6 Å². The molecular formula is C21H14BrClFN3O3. The predicted octanol–water partition coefficient (Wildman–Crippen LogP) is 4.96. The van der Waals surface area contributed by atoms with Gasteiger partial charge in [0.15, 0.2) is 0 Å². The van der Waals surface area contributed by atoms with Crippen molar-refractivity contribution in [1.29, 1.82) is 0 Å². The van der Waals surface area contributed by atoms with Crippen LogP contribution < -0.4 is 10.7 Å². The zero-order chi connectivity index (χ0) is 21.7. The summed E-state index contributed by atoms with van der Waals surface area (Å²) in [5.74, 6) is -1.37. The molecule has 2 amide bonds. The first-order chi connectivity index (χ1) is 14.3. The van der Waals surface area contributed by atoms with Crippen LogP contribution in [0.3, 0.4) is 0 Å². The van der Waals surface area contributed by atoms with Gasteiger partial charge in [-0.15, -0.1) is 0 Å². The molecule has 0 radical (unpaired) electrons. The second kappa shape index (κ2) is 9.51. The molecule has 0 spiro atoms. The summed E-state index contributed by atoms with van der Waals surface area (Å²) >= 11 is 9.09. The summed E-state index contributed by atoms with van der Waals surface area (Å²) in [7, 11) is 0. The molecule has 6 nitrogen and oxygen atoms in total. The summed E-state index contributed by atoms with van der Waals surface area (Å²) in [5.41, 5.74) is 3.76. The quantitative estimate of drug-likeness (QED) is 0.349. The van der Waals surface area contributed by atoms with Crippen LogP contribution in [0.5, 0.6) is 5.75 Å². The SMILES string of the molecule is O=C(NN=Cc1cc(Cl)cc(Br)c1O)c1ccc(NC(=O)c2ccc(F)cc2)cc1. The smallest absolute Gasteiger partial charge is 0.271 e. The van der Waals surface area contributed by atoms with Gasteiger partial charge in [-0.3, -0.25) is 9.59 Å². The van der Waals surface area contributed by atoms with E-state index in [4.69, 9.17) is 11.6 Å². The Balaban J connectivity index is 1.61. The van der Waals surface area contributed by atoms with Crippen molar-refractivity contribution in [3.8, 4) is 5.75 Å². The number of phenols is 1. The van der Waals surface area contributed by atoms with Gasteiger partial charge in [0, 0.05) is 27.4 Å². The van der Waals surface area contributed by atoms with Crippen LogP contribution in [0.15, 0.2) is 70.2 Å². The van der Waals surface area contributed by atoms with Gasteiger partial charge in [-0.2, -0.15) is 5.10 Å². The average molecular weight is 491 g/mol. The maximum absolute atomic E-state index is 12.9. The molecule has 0 aromatic heterocycles. The summed E-state index contributed by atoms with van der Waals surface area (Å²) in [6, 6.07) is 14.3. The third kappa shape index (κ3) is 5.43. The Morgan fingerprint density at radius 3 is 2.27 bits per heavy atom. The molecule has 30 heavy (non-hydrogen) atoms. The van der Waals surface area contributed by atoms with Crippen molar-refractivity contribution in [2.24, 2.45) is 5.10 Å². The highest BCUT2D eigenvalue weighted by atomic mass is 79.9. The highest BCUT2D eigenvalue weighted by molar-refractivity contribution is 9.10. The van der Waals surface area contributed by atoms with E-state index in [1.165, 1.54) is 54.7 Å². The lowest BCUT2D eigenvalue weighted by Crippen LogP contribution is -2.18. The number of nitrogens with one attached hydrogen (secondary N) is 2. The number of carbonyl (C=O) groups is 2.